The number of aryl methyl sites for hydroxylation is 1. The third-order valence-electron chi connectivity index (χ3n) is 11.3. The van der Waals surface area contributed by atoms with Gasteiger partial charge in [0.15, 0.2) is 5.82 Å². The molecule has 0 saturated carbocycles. The summed E-state index contributed by atoms with van der Waals surface area (Å²) in [6, 6.07) is 56.5. The van der Waals surface area contributed by atoms with E-state index < -0.39 is 0 Å². The first-order chi connectivity index (χ1) is 29.1. The second-order valence-electron chi connectivity index (χ2n) is 14.8. The van der Waals surface area contributed by atoms with Gasteiger partial charge in [-0.15, -0.1) is 0 Å². The van der Waals surface area contributed by atoms with Crippen molar-refractivity contribution in [3.05, 3.63) is 194 Å². The molecule has 4 aromatic heterocycles. The normalized spacial score (nSPS) is 11.8. The van der Waals surface area contributed by atoms with Crippen molar-refractivity contribution in [1.29, 1.82) is 0 Å². The summed E-state index contributed by atoms with van der Waals surface area (Å²) in [5.74, 6) is 1.47. The fourth-order valence-electron chi connectivity index (χ4n) is 8.36. The zero-order valence-electron chi connectivity index (χ0n) is 32.2. The highest BCUT2D eigenvalue weighted by molar-refractivity contribution is 6.30. The second kappa shape index (κ2) is 13.9. The van der Waals surface area contributed by atoms with Crippen LogP contribution >= 0.6 is 0 Å². The molecule has 0 spiro atoms. The zero-order valence-corrected chi connectivity index (χ0v) is 32.2. The van der Waals surface area contributed by atoms with Gasteiger partial charge in [0.05, 0.1) is 22.6 Å². The van der Waals surface area contributed by atoms with Gasteiger partial charge in [-0.2, -0.15) is 0 Å². The molecule has 0 aliphatic carbocycles. The van der Waals surface area contributed by atoms with Crippen molar-refractivity contribution in [2.24, 2.45) is 0 Å². The minimum Gasteiger partial charge on any atom is -0.456 e. The SMILES string of the molecule is C=C/C=C\c1oc2cc(-c3cc(-c4ccc(-c5cc6c(-c7ccccc7)nc7ccccc7c6c6c5oc5ccccc56)cc4)nc(-c4ccccc4)n3)ccc2c1C. The lowest BCUT2D eigenvalue weighted by Gasteiger charge is -2.14. The Morgan fingerprint density at radius 2 is 1.15 bits per heavy atom. The number of benzene rings is 7. The lowest BCUT2D eigenvalue weighted by Crippen LogP contribution is -1.96. The summed E-state index contributed by atoms with van der Waals surface area (Å²) < 4.78 is 13.1. The van der Waals surface area contributed by atoms with Gasteiger partial charge in [-0.1, -0.05) is 152 Å². The lowest BCUT2D eigenvalue weighted by molar-refractivity contribution is 0.601. The molecule has 0 unspecified atom stereocenters. The zero-order chi connectivity index (χ0) is 39.5. The van der Waals surface area contributed by atoms with Crippen LogP contribution in [0.25, 0.3) is 117 Å². The Bertz CT molecular complexity index is 3450. The van der Waals surface area contributed by atoms with Crippen LogP contribution in [-0.2, 0) is 0 Å². The molecule has 4 heterocycles. The van der Waals surface area contributed by atoms with E-state index in [1.54, 1.807) is 6.08 Å². The van der Waals surface area contributed by atoms with Crippen molar-refractivity contribution >= 4 is 60.7 Å². The molecule has 59 heavy (non-hydrogen) atoms. The molecule has 0 radical (unpaired) electrons. The van der Waals surface area contributed by atoms with Gasteiger partial charge in [0.1, 0.15) is 22.5 Å². The van der Waals surface area contributed by atoms with E-state index in [1.807, 2.05) is 54.6 Å². The average Bonchev–Trinajstić information content (AvgIpc) is 3.85. The smallest absolute Gasteiger partial charge is 0.160 e. The largest absolute Gasteiger partial charge is 0.456 e. The first-order valence-electron chi connectivity index (χ1n) is 19.7. The van der Waals surface area contributed by atoms with Crippen LogP contribution in [0.1, 0.15) is 11.3 Å². The fraction of sp³-hybridized carbons (Fsp3) is 0.0185. The van der Waals surface area contributed by atoms with Crippen LogP contribution in [0.4, 0.5) is 0 Å². The number of pyridine rings is 1. The number of fused-ring (bicyclic) bond motifs is 8. The van der Waals surface area contributed by atoms with Crippen molar-refractivity contribution in [3.8, 4) is 56.3 Å². The van der Waals surface area contributed by atoms with Gasteiger partial charge < -0.3 is 8.83 Å². The van der Waals surface area contributed by atoms with Gasteiger partial charge in [0.25, 0.3) is 0 Å². The van der Waals surface area contributed by atoms with E-state index in [-0.39, 0.29) is 0 Å². The Balaban J connectivity index is 1.09. The number of furan rings is 2. The van der Waals surface area contributed by atoms with Crippen molar-refractivity contribution in [3.63, 3.8) is 0 Å². The Labute approximate surface area is 340 Å². The van der Waals surface area contributed by atoms with E-state index in [4.69, 9.17) is 23.8 Å². The van der Waals surface area contributed by atoms with E-state index >= 15 is 0 Å². The average molecular weight is 758 g/mol. The number of hydrogen-bond donors (Lipinski definition) is 0. The monoisotopic (exact) mass is 757 g/mol. The summed E-state index contributed by atoms with van der Waals surface area (Å²) in [6.07, 6.45) is 5.58. The van der Waals surface area contributed by atoms with Gasteiger partial charge in [0, 0.05) is 65.7 Å². The molecule has 0 aliphatic heterocycles. The Hall–Kier alpha value is -7.89. The predicted molar refractivity (Wildman–Crippen MR) is 243 cm³/mol. The number of para-hydroxylation sites is 2. The molecule has 0 atom stereocenters. The molecule has 5 heteroatoms. The van der Waals surface area contributed by atoms with E-state index in [9.17, 15) is 0 Å². The van der Waals surface area contributed by atoms with Crippen LogP contribution in [0.5, 0.6) is 0 Å². The molecule has 11 rings (SSSR count). The minimum atomic E-state index is 0.652. The predicted octanol–water partition coefficient (Wildman–Crippen LogP) is 14.7. The highest BCUT2D eigenvalue weighted by atomic mass is 16.3. The molecule has 0 amide bonds. The topological polar surface area (TPSA) is 65.0 Å². The molecule has 11 aromatic rings. The highest BCUT2D eigenvalue weighted by Gasteiger charge is 2.22. The van der Waals surface area contributed by atoms with Crippen LogP contribution in [0.3, 0.4) is 0 Å². The third-order valence-corrected chi connectivity index (χ3v) is 11.3. The molecule has 0 aliphatic rings. The molecule has 278 valence electrons. The van der Waals surface area contributed by atoms with E-state index in [0.717, 1.165) is 116 Å². The molecule has 7 aromatic carbocycles. The summed E-state index contributed by atoms with van der Waals surface area (Å²) in [5, 5.41) is 6.56. The Kier molecular flexibility index (Phi) is 8.12. The number of nitrogens with zero attached hydrogens (tertiary/aromatic N) is 3. The number of hydrogen-bond acceptors (Lipinski definition) is 5. The van der Waals surface area contributed by atoms with Crippen LogP contribution in [0.15, 0.2) is 191 Å². The summed E-state index contributed by atoms with van der Waals surface area (Å²) in [4.78, 5) is 15.5. The molecule has 5 nitrogen and oxygen atoms in total. The molecule has 0 N–H and O–H groups in total. The fourth-order valence-corrected chi connectivity index (χ4v) is 8.36. The summed E-state index contributed by atoms with van der Waals surface area (Å²) in [7, 11) is 0. The second-order valence-corrected chi connectivity index (χ2v) is 14.8. The standard InChI is InChI=1S/C54H35N3O2/c1-3-4-22-47-33(2)39-29-28-38(30-49(39)58-47)46-32-45(56-54(57-46)37-17-9-6-10-18-37)35-26-24-34(25-27-35)42-31-43-50(51-41-20-12-14-23-48(41)59-53(42)51)40-19-11-13-21-44(40)55-52(43)36-15-7-5-8-16-36/h3-32H,1H2,2H3/b22-4-. The van der Waals surface area contributed by atoms with Gasteiger partial charge in [0.2, 0.25) is 0 Å². The van der Waals surface area contributed by atoms with Crippen LogP contribution in [0, 0.1) is 6.92 Å². The molecular formula is C54H35N3O2. The maximum Gasteiger partial charge on any atom is 0.160 e. The first kappa shape index (κ1) is 34.4. The van der Waals surface area contributed by atoms with Gasteiger partial charge in [-0.05, 0) is 48.9 Å². The van der Waals surface area contributed by atoms with Crippen molar-refractivity contribution < 1.29 is 8.83 Å². The van der Waals surface area contributed by atoms with Crippen LogP contribution in [0.2, 0.25) is 0 Å². The summed E-state index contributed by atoms with van der Waals surface area (Å²) >= 11 is 0. The van der Waals surface area contributed by atoms with E-state index in [2.05, 4.69) is 135 Å². The number of rotatable bonds is 7. The van der Waals surface area contributed by atoms with Gasteiger partial charge >= 0.3 is 0 Å². The quantitative estimate of drug-likeness (QED) is 0.120. The summed E-state index contributed by atoms with van der Waals surface area (Å²) in [6.45, 7) is 5.88. The van der Waals surface area contributed by atoms with Crippen molar-refractivity contribution in [1.82, 2.24) is 15.0 Å². The molecule has 0 fully saturated rings. The first-order valence-corrected chi connectivity index (χ1v) is 19.7. The van der Waals surface area contributed by atoms with Crippen LogP contribution in [-0.4, -0.2) is 15.0 Å². The van der Waals surface area contributed by atoms with Crippen LogP contribution < -0.4 is 0 Å². The van der Waals surface area contributed by atoms with Crippen molar-refractivity contribution in [2.75, 3.05) is 0 Å². The van der Waals surface area contributed by atoms with E-state index in [0.29, 0.717) is 5.82 Å². The maximum atomic E-state index is 6.79. The van der Waals surface area contributed by atoms with Gasteiger partial charge in [-0.25, -0.2) is 15.0 Å². The van der Waals surface area contributed by atoms with E-state index in [1.165, 1.54) is 0 Å². The molecule has 0 saturated heterocycles. The maximum absolute atomic E-state index is 6.79. The lowest BCUT2D eigenvalue weighted by atomic mass is 9.91. The molecular weight excluding hydrogens is 723 g/mol. The van der Waals surface area contributed by atoms with Gasteiger partial charge in [-0.3, -0.25) is 0 Å². The summed E-state index contributed by atoms with van der Waals surface area (Å²) in [5.41, 5.74) is 13.1. The van der Waals surface area contributed by atoms with Crippen molar-refractivity contribution in [2.45, 2.75) is 6.92 Å². The Morgan fingerprint density at radius 1 is 0.492 bits per heavy atom. The third kappa shape index (κ3) is 5.82. The number of aromatic nitrogens is 3. The Morgan fingerprint density at radius 3 is 1.93 bits per heavy atom. The number of allylic oxidation sites excluding steroid dienone is 2. The molecule has 0 bridgehead atoms. The highest BCUT2D eigenvalue weighted by Crippen LogP contribution is 2.46. The minimum absolute atomic E-state index is 0.652.